The van der Waals surface area contributed by atoms with E-state index in [0.29, 0.717) is 5.56 Å². The summed E-state index contributed by atoms with van der Waals surface area (Å²) in [5.74, 6) is -0.0645. The van der Waals surface area contributed by atoms with Gasteiger partial charge < -0.3 is 5.11 Å². The maximum atomic E-state index is 11.7. The fourth-order valence-electron chi connectivity index (χ4n) is 2.42. The summed E-state index contributed by atoms with van der Waals surface area (Å²) in [5, 5.41) is 18.0. The number of aromatic hydroxyl groups is 1. The van der Waals surface area contributed by atoms with E-state index < -0.39 is 25.8 Å². The molecule has 2 heterocycles. The molecule has 0 saturated heterocycles. The highest BCUT2D eigenvalue weighted by atomic mass is 32.2. The van der Waals surface area contributed by atoms with Crippen molar-refractivity contribution in [2.75, 3.05) is 12.5 Å². The molecule has 0 aliphatic rings. The highest BCUT2D eigenvalue weighted by molar-refractivity contribution is 7.90. The Morgan fingerprint density at radius 3 is 1.69 bits per heavy atom. The van der Waals surface area contributed by atoms with Gasteiger partial charge in [-0.3, -0.25) is 0 Å². The van der Waals surface area contributed by atoms with Gasteiger partial charge >= 0.3 is 0 Å². The van der Waals surface area contributed by atoms with E-state index in [4.69, 9.17) is 0 Å². The molecule has 3 aromatic rings. The first-order chi connectivity index (χ1) is 12.1. The van der Waals surface area contributed by atoms with Crippen molar-refractivity contribution in [3.05, 3.63) is 54.4 Å². The van der Waals surface area contributed by atoms with Crippen LogP contribution in [0.1, 0.15) is 11.7 Å². The molecule has 0 aliphatic heterocycles. The summed E-state index contributed by atoms with van der Waals surface area (Å²) in [6.07, 6.45) is 4.04. The van der Waals surface area contributed by atoms with E-state index in [1.165, 1.54) is 40.0 Å². The van der Waals surface area contributed by atoms with Crippen molar-refractivity contribution >= 4 is 19.7 Å². The Morgan fingerprint density at radius 2 is 1.31 bits per heavy atom. The number of benzene rings is 1. The molecule has 1 aromatic carbocycles. The van der Waals surface area contributed by atoms with Crippen molar-refractivity contribution in [3.8, 4) is 5.75 Å². The predicted molar refractivity (Wildman–Crippen MR) is 92.3 cm³/mol. The molecule has 9 nitrogen and oxygen atoms in total. The first-order valence-electron chi connectivity index (χ1n) is 7.36. The molecule has 0 bridgehead atoms. The highest BCUT2D eigenvalue weighted by Crippen LogP contribution is 2.28. The molecule has 0 atom stereocenters. The predicted octanol–water partition coefficient (Wildman–Crippen LogP) is 0.687. The molecular weight excluding hydrogens is 380 g/mol. The largest absolute Gasteiger partial charge is 0.508 e. The molecule has 0 saturated carbocycles. The summed E-state index contributed by atoms with van der Waals surface area (Å²) >= 11 is 0. The third-order valence-corrected chi connectivity index (χ3v) is 5.60. The van der Waals surface area contributed by atoms with E-state index >= 15 is 0 Å². The number of phenols is 1. The molecule has 138 valence electrons. The number of hydrogen-bond acceptors (Lipinski definition) is 7. The lowest BCUT2D eigenvalue weighted by molar-refractivity contribution is 0.383. The molecule has 0 spiro atoms. The Hall–Kier alpha value is -2.66. The van der Waals surface area contributed by atoms with Crippen molar-refractivity contribution in [3.63, 3.8) is 0 Å². The van der Waals surface area contributed by atoms with Gasteiger partial charge in [-0.05, 0) is 18.2 Å². The fourth-order valence-corrected chi connectivity index (χ4v) is 3.52. The topological polar surface area (TPSA) is 124 Å². The van der Waals surface area contributed by atoms with Crippen LogP contribution in [0.5, 0.6) is 5.75 Å². The third kappa shape index (κ3) is 3.48. The molecule has 0 fully saturated rings. The van der Waals surface area contributed by atoms with Gasteiger partial charge in [0, 0.05) is 30.5 Å². The molecule has 3 rings (SSSR count). The fraction of sp³-hybridized carbons (Fsp3) is 0.200. The van der Waals surface area contributed by atoms with Crippen molar-refractivity contribution < 1.29 is 21.9 Å². The van der Waals surface area contributed by atoms with E-state index in [9.17, 15) is 21.9 Å². The minimum Gasteiger partial charge on any atom is -0.508 e. The lowest BCUT2D eigenvalue weighted by Crippen LogP contribution is -2.21. The molecule has 11 heteroatoms. The van der Waals surface area contributed by atoms with Crippen molar-refractivity contribution in [2.24, 2.45) is 0 Å². The monoisotopic (exact) mass is 396 g/mol. The second-order valence-electron chi connectivity index (χ2n) is 5.74. The minimum absolute atomic E-state index is 0.0645. The number of sulfone groups is 2. The van der Waals surface area contributed by atoms with Gasteiger partial charge in [0.15, 0.2) is 35.9 Å². The van der Waals surface area contributed by atoms with Gasteiger partial charge in [-0.25, -0.2) is 26.2 Å². The molecule has 1 N–H and O–H groups in total. The summed E-state index contributed by atoms with van der Waals surface area (Å²) in [6.45, 7) is 0. The molecule has 0 aliphatic carbocycles. The van der Waals surface area contributed by atoms with E-state index in [1.54, 1.807) is 18.2 Å². The van der Waals surface area contributed by atoms with Crippen LogP contribution in [0, 0.1) is 0 Å². The van der Waals surface area contributed by atoms with Gasteiger partial charge in [0.2, 0.25) is 0 Å². The summed E-state index contributed by atoms with van der Waals surface area (Å²) in [6, 6.07) is 9.04. The smallest absolute Gasteiger partial charge is 0.194 e. The molecule has 0 radical (unpaired) electrons. The summed E-state index contributed by atoms with van der Waals surface area (Å²) in [7, 11) is -7.06. The number of aromatic nitrogens is 4. The molecule has 2 aromatic heterocycles. The van der Waals surface area contributed by atoms with Gasteiger partial charge in [-0.15, -0.1) is 0 Å². The van der Waals surface area contributed by atoms with Gasteiger partial charge in [-0.2, -0.15) is 10.2 Å². The normalized spacial score (nSPS) is 12.6. The summed E-state index contributed by atoms with van der Waals surface area (Å²) in [4.78, 5) is 0. The van der Waals surface area contributed by atoms with Gasteiger partial charge in [0.05, 0.1) is 0 Å². The Balaban J connectivity index is 2.19. The molecular formula is C15H16N4O5S2. The number of rotatable bonds is 5. The van der Waals surface area contributed by atoms with Gasteiger partial charge in [0.25, 0.3) is 0 Å². The zero-order chi connectivity index (χ0) is 19.1. The van der Waals surface area contributed by atoms with Crippen LogP contribution in [-0.4, -0.2) is 54.0 Å². The van der Waals surface area contributed by atoms with Crippen LogP contribution in [-0.2, 0) is 19.7 Å². The average molecular weight is 396 g/mol. The lowest BCUT2D eigenvalue weighted by atomic mass is 10.1. The Morgan fingerprint density at radius 1 is 0.846 bits per heavy atom. The zero-order valence-electron chi connectivity index (χ0n) is 13.9. The SMILES string of the molecule is CS(=O)(=O)c1ccn(C(c2ccccc2O)n2ccc(S(C)(=O)=O)n2)n1. The van der Waals surface area contributed by atoms with E-state index in [0.717, 1.165) is 12.5 Å². The van der Waals surface area contributed by atoms with Crippen LogP contribution in [0.4, 0.5) is 0 Å². The molecule has 0 amide bonds. The van der Waals surface area contributed by atoms with Crippen LogP contribution in [0.15, 0.2) is 58.8 Å². The Labute approximate surface area is 150 Å². The first kappa shape index (κ1) is 18.1. The van der Waals surface area contributed by atoms with Crippen LogP contribution in [0.3, 0.4) is 0 Å². The number of para-hydroxylation sites is 1. The molecule has 26 heavy (non-hydrogen) atoms. The van der Waals surface area contributed by atoms with Crippen LogP contribution in [0.2, 0.25) is 0 Å². The third-order valence-electron chi connectivity index (χ3n) is 3.64. The van der Waals surface area contributed by atoms with E-state index in [1.807, 2.05) is 0 Å². The number of nitrogens with zero attached hydrogens (tertiary/aromatic N) is 4. The quantitative estimate of drug-likeness (QED) is 0.673. The van der Waals surface area contributed by atoms with Crippen LogP contribution < -0.4 is 0 Å². The molecule has 0 unspecified atom stereocenters. The van der Waals surface area contributed by atoms with Crippen LogP contribution >= 0.6 is 0 Å². The zero-order valence-corrected chi connectivity index (χ0v) is 15.5. The van der Waals surface area contributed by atoms with Crippen molar-refractivity contribution in [1.82, 2.24) is 19.6 Å². The van der Waals surface area contributed by atoms with Crippen molar-refractivity contribution in [1.29, 1.82) is 0 Å². The van der Waals surface area contributed by atoms with Crippen LogP contribution in [0.25, 0.3) is 0 Å². The summed E-state index contributed by atoms with van der Waals surface area (Å²) in [5.41, 5.74) is 0.374. The highest BCUT2D eigenvalue weighted by Gasteiger charge is 2.24. The lowest BCUT2D eigenvalue weighted by Gasteiger charge is -2.19. The second kappa shape index (κ2) is 6.25. The summed E-state index contributed by atoms with van der Waals surface area (Å²) < 4.78 is 49.5. The Bertz CT molecular complexity index is 1090. The van der Waals surface area contributed by atoms with E-state index in [-0.39, 0.29) is 15.8 Å². The van der Waals surface area contributed by atoms with Gasteiger partial charge in [-0.1, -0.05) is 18.2 Å². The average Bonchev–Trinajstić information content (AvgIpc) is 3.18. The van der Waals surface area contributed by atoms with Crippen molar-refractivity contribution in [2.45, 2.75) is 16.2 Å². The maximum absolute atomic E-state index is 11.7. The number of phenolic OH excluding ortho intramolecular Hbond substituents is 1. The standard InChI is InChI=1S/C15H16N4O5S2/c1-25(21,22)13-7-9-18(16-13)15(11-5-3-4-6-12(11)20)19-10-8-14(17-19)26(2,23)24/h3-10,15,20H,1-2H3. The Kier molecular flexibility index (Phi) is 4.36. The van der Waals surface area contributed by atoms with E-state index in [2.05, 4.69) is 10.2 Å². The first-order valence-corrected chi connectivity index (χ1v) is 11.1. The van der Waals surface area contributed by atoms with Gasteiger partial charge in [0.1, 0.15) is 5.75 Å². The minimum atomic E-state index is -3.53. The number of hydrogen-bond donors (Lipinski definition) is 1. The second-order valence-corrected chi connectivity index (χ2v) is 9.67. The maximum Gasteiger partial charge on any atom is 0.194 e.